The molecule has 2 unspecified atom stereocenters. The lowest BCUT2D eigenvalue weighted by atomic mass is 9.87. The molecule has 0 aliphatic carbocycles. The molecule has 3 fully saturated rings. The summed E-state index contributed by atoms with van der Waals surface area (Å²) < 4.78 is 1.82. The first kappa shape index (κ1) is 15.8. The number of piperidine rings is 1. The summed E-state index contributed by atoms with van der Waals surface area (Å²) in [6.45, 7) is 3.85. The predicted molar refractivity (Wildman–Crippen MR) is 102 cm³/mol. The Kier molecular flexibility index (Phi) is 3.53. The van der Waals surface area contributed by atoms with Crippen LogP contribution in [0.4, 0.5) is 11.6 Å². The molecule has 0 spiro atoms. The Balaban J connectivity index is 1.45. The molecule has 3 saturated heterocycles. The van der Waals surface area contributed by atoms with Crippen LogP contribution in [0.25, 0.3) is 11.0 Å². The summed E-state index contributed by atoms with van der Waals surface area (Å²) >= 11 is 1.58. The van der Waals surface area contributed by atoms with E-state index in [-0.39, 0.29) is 0 Å². The zero-order valence-electron chi connectivity index (χ0n) is 15.0. The third-order valence-corrected chi connectivity index (χ3v) is 5.81. The molecular weight excluding hydrogens is 348 g/mol. The third kappa shape index (κ3) is 2.33. The summed E-state index contributed by atoms with van der Waals surface area (Å²) in [4.78, 5) is 23.1. The number of hydrogen-bond acceptors (Lipinski definition) is 8. The molecule has 3 aromatic rings. The van der Waals surface area contributed by atoms with Crippen molar-refractivity contribution in [3.8, 4) is 0 Å². The molecule has 3 aliphatic rings. The van der Waals surface area contributed by atoms with E-state index in [1.54, 1.807) is 11.8 Å². The average Bonchev–Trinajstić information content (AvgIpc) is 3.03. The second-order valence-electron chi connectivity index (χ2n) is 6.86. The lowest BCUT2D eigenvalue weighted by Gasteiger charge is -2.57. The van der Waals surface area contributed by atoms with Gasteiger partial charge in [-0.25, -0.2) is 19.9 Å². The minimum absolute atomic E-state index is 0.444. The van der Waals surface area contributed by atoms with Crippen molar-refractivity contribution < 1.29 is 0 Å². The van der Waals surface area contributed by atoms with Gasteiger partial charge in [0.1, 0.15) is 17.5 Å². The van der Waals surface area contributed by atoms with Crippen LogP contribution in [0.2, 0.25) is 0 Å². The maximum atomic E-state index is 4.76. The van der Waals surface area contributed by atoms with E-state index in [0.717, 1.165) is 46.7 Å². The molecule has 0 radical (unpaired) electrons. The second kappa shape index (κ2) is 5.80. The molecule has 0 N–H and O–H groups in total. The monoisotopic (exact) mass is 368 g/mol. The number of rotatable bonds is 3. The van der Waals surface area contributed by atoms with Crippen LogP contribution < -0.4 is 9.80 Å². The van der Waals surface area contributed by atoms with Crippen LogP contribution in [0.15, 0.2) is 23.6 Å². The zero-order chi connectivity index (χ0) is 17.8. The Labute approximate surface area is 155 Å². The molecule has 2 bridgehead atoms. The van der Waals surface area contributed by atoms with Gasteiger partial charge in [0.05, 0.1) is 23.7 Å². The molecule has 3 aliphatic heterocycles. The highest BCUT2D eigenvalue weighted by Crippen LogP contribution is 2.39. The van der Waals surface area contributed by atoms with E-state index < -0.39 is 0 Å². The Hall–Kier alpha value is -2.42. The van der Waals surface area contributed by atoms with Gasteiger partial charge in [0, 0.05) is 26.3 Å². The Morgan fingerprint density at radius 2 is 1.96 bits per heavy atom. The smallest absolute Gasteiger partial charge is 0.189 e. The fourth-order valence-corrected chi connectivity index (χ4v) is 4.41. The third-order valence-electron chi connectivity index (χ3n) is 5.25. The van der Waals surface area contributed by atoms with Crippen LogP contribution in [0.3, 0.4) is 0 Å². The van der Waals surface area contributed by atoms with Crippen molar-refractivity contribution in [3.63, 3.8) is 0 Å². The fourth-order valence-electron chi connectivity index (χ4n) is 4.06. The maximum absolute atomic E-state index is 4.76. The van der Waals surface area contributed by atoms with E-state index in [1.807, 2.05) is 43.4 Å². The predicted octanol–water partition coefficient (Wildman–Crippen LogP) is 1.65. The number of nitrogens with zero attached hydrogens (tertiary/aromatic N) is 8. The van der Waals surface area contributed by atoms with Crippen LogP contribution in [0, 0.1) is 6.92 Å². The number of anilines is 2. The highest BCUT2D eigenvalue weighted by Gasteiger charge is 2.46. The largest absolute Gasteiger partial charge is 0.352 e. The molecular formula is C17H20N8S. The fraction of sp³-hybridized carbons (Fsp3) is 0.471. The minimum atomic E-state index is 0.444. The molecule has 8 nitrogen and oxygen atoms in total. The van der Waals surface area contributed by atoms with Gasteiger partial charge in [0.15, 0.2) is 10.8 Å². The Morgan fingerprint density at radius 3 is 2.73 bits per heavy atom. The highest BCUT2D eigenvalue weighted by atomic mass is 32.2. The van der Waals surface area contributed by atoms with Crippen LogP contribution in [-0.4, -0.2) is 61.1 Å². The quantitative estimate of drug-likeness (QED) is 0.510. The molecule has 6 rings (SSSR count). The number of fused-ring (bicyclic) bond motifs is 3. The van der Waals surface area contributed by atoms with Crippen molar-refractivity contribution >= 4 is 34.4 Å². The molecule has 9 heteroatoms. The lowest BCUT2D eigenvalue weighted by molar-refractivity contribution is 0.288. The van der Waals surface area contributed by atoms with Crippen molar-refractivity contribution in [1.82, 2.24) is 29.7 Å². The molecule has 6 heterocycles. The zero-order valence-corrected chi connectivity index (χ0v) is 15.8. The normalized spacial score (nSPS) is 22.0. The van der Waals surface area contributed by atoms with Crippen molar-refractivity contribution in [1.29, 1.82) is 0 Å². The summed E-state index contributed by atoms with van der Waals surface area (Å²) in [6, 6.07) is 2.89. The number of piperazine rings is 1. The van der Waals surface area contributed by atoms with Crippen molar-refractivity contribution in [2.24, 2.45) is 7.05 Å². The molecule has 0 amide bonds. The van der Waals surface area contributed by atoms with Crippen molar-refractivity contribution in [3.05, 3.63) is 24.3 Å². The maximum Gasteiger partial charge on any atom is 0.189 e. The summed E-state index contributed by atoms with van der Waals surface area (Å²) in [7, 11) is 1.93. The van der Waals surface area contributed by atoms with Gasteiger partial charge in [-0.3, -0.25) is 4.68 Å². The summed E-state index contributed by atoms with van der Waals surface area (Å²) in [5.74, 6) is 2.83. The van der Waals surface area contributed by atoms with Gasteiger partial charge < -0.3 is 9.80 Å². The van der Waals surface area contributed by atoms with E-state index in [2.05, 4.69) is 29.9 Å². The first-order valence-corrected chi connectivity index (χ1v) is 9.93. The highest BCUT2D eigenvalue weighted by molar-refractivity contribution is 7.98. The molecule has 26 heavy (non-hydrogen) atoms. The van der Waals surface area contributed by atoms with Crippen molar-refractivity contribution in [2.75, 3.05) is 29.1 Å². The topological polar surface area (TPSA) is 75.9 Å². The van der Waals surface area contributed by atoms with Gasteiger partial charge in [-0.1, -0.05) is 11.8 Å². The standard InChI is InChI=1S/C17H20N8S/c1-10-20-15-13(7-19-23(15)2)16(21-10)25-11-6-12(25)9-24(8-11)14-4-5-18-17(22-14)26-3/h4-5,7,11-12H,6,8-9H2,1-3H3. The van der Waals surface area contributed by atoms with E-state index >= 15 is 0 Å². The van der Waals surface area contributed by atoms with Crippen LogP contribution in [0.1, 0.15) is 12.2 Å². The van der Waals surface area contributed by atoms with E-state index in [1.165, 1.54) is 6.42 Å². The molecule has 0 saturated carbocycles. The minimum Gasteiger partial charge on any atom is -0.352 e. The average molecular weight is 368 g/mol. The number of aryl methyl sites for hydroxylation is 2. The first-order chi connectivity index (χ1) is 12.6. The van der Waals surface area contributed by atoms with Gasteiger partial charge in [-0.05, 0) is 25.7 Å². The van der Waals surface area contributed by atoms with Gasteiger partial charge >= 0.3 is 0 Å². The molecule has 3 aromatic heterocycles. The van der Waals surface area contributed by atoms with Gasteiger partial charge in [0.25, 0.3) is 0 Å². The van der Waals surface area contributed by atoms with Gasteiger partial charge in [-0.2, -0.15) is 5.10 Å². The molecule has 2 atom stereocenters. The number of aromatic nitrogens is 6. The Morgan fingerprint density at radius 1 is 1.15 bits per heavy atom. The SMILES string of the molecule is CSc1nccc(N2CC3CC(C2)N3c2nc(C)nc3c2cnn3C)n1. The lowest BCUT2D eigenvalue weighted by Crippen LogP contribution is -2.69. The summed E-state index contributed by atoms with van der Waals surface area (Å²) in [6.07, 6.45) is 6.93. The van der Waals surface area contributed by atoms with Gasteiger partial charge in [-0.15, -0.1) is 0 Å². The van der Waals surface area contributed by atoms with Crippen LogP contribution in [-0.2, 0) is 7.05 Å². The van der Waals surface area contributed by atoms with E-state index in [4.69, 9.17) is 4.98 Å². The van der Waals surface area contributed by atoms with Crippen molar-refractivity contribution in [2.45, 2.75) is 30.6 Å². The molecule has 0 aromatic carbocycles. The van der Waals surface area contributed by atoms with E-state index in [0.29, 0.717) is 12.1 Å². The second-order valence-corrected chi connectivity index (χ2v) is 7.63. The summed E-state index contributed by atoms with van der Waals surface area (Å²) in [5.41, 5.74) is 0.898. The van der Waals surface area contributed by atoms with Gasteiger partial charge in [0.2, 0.25) is 0 Å². The van der Waals surface area contributed by atoms with E-state index in [9.17, 15) is 0 Å². The number of hydrogen-bond donors (Lipinski definition) is 0. The molecule has 134 valence electrons. The van der Waals surface area contributed by atoms with Crippen LogP contribution in [0.5, 0.6) is 0 Å². The summed E-state index contributed by atoms with van der Waals surface area (Å²) in [5, 5.41) is 6.23. The first-order valence-electron chi connectivity index (χ1n) is 8.70. The van der Waals surface area contributed by atoms with Crippen LogP contribution >= 0.6 is 11.8 Å². The Bertz CT molecular complexity index is 974. The number of thioether (sulfide) groups is 1.